The third-order valence-electron chi connectivity index (χ3n) is 2.85. The van der Waals surface area contributed by atoms with Gasteiger partial charge in [-0.05, 0) is 37.8 Å². The Labute approximate surface area is 109 Å². The molecule has 0 saturated heterocycles. The number of rotatable bonds is 5. The molecule has 3 nitrogen and oxygen atoms in total. The van der Waals surface area contributed by atoms with Crippen molar-refractivity contribution in [3.05, 3.63) is 29.3 Å². The first-order chi connectivity index (χ1) is 8.45. The van der Waals surface area contributed by atoms with Gasteiger partial charge in [0.2, 0.25) is 0 Å². The van der Waals surface area contributed by atoms with Crippen LogP contribution >= 0.6 is 0 Å². The standard InChI is InChI=1S/C15H22O3/c1-5-18-15(17)11(4)13-7-6-12(8-10(2)3)9-14(13)16/h6-7,9-11,16H,5,8H2,1-4H3. The minimum Gasteiger partial charge on any atom is -0.508 e. The summed E-state index contributed by atoms with van der Waals surface area (Å²) in [4.78, 5) is 11.6. The van der Waals surface area contributed by atoms with Gasteiger partial charge >= 0.3 is 5.97 Å². The maximum Gasteiger partial charge on any atom is 0.313 e. The van der Waals surface area contributed by atoms with E-state index in [0.717, 1.165) is 12.0 Å². The van der Waals surface area contributed by atoms with Gasteiger partial charge in [-0.3, -0.25) is 4.79 Å². The SMILES string of the molecule is CCOC(=O)C(C)c1ccc(CC(C)C)cc1O. The van der Waals surface area contributed by atoms with E-state index in [1.807, 2.05) is 12.1 Å². The summed E-state index contributed by atoms with van der Waals surface area (Å²) in [5.41, 5.74) is 1.71. The number of ether oxygens (including phenoxy) is 1. The average molecular weight is 250 g/mol. The first-order valence-corrected chi connectivity index (χ1v) is 6.44. The molecule has 1 aromatic rings. The number of hydrogen-bond acceptors (Lipinski definition) is 3. The van der Waals surface area contributed by atoms with Crippen molar-refractivity contribution in [2.24, 2.45) is 5.92 Å². The number of aromatic hydroxyl groups is 1. The highest BCUT2D eigenvalue weighted by Crippen LogP contribution is 2.28. The lowest BCUT2D eigenvalue weighted by atomic mass is 9.96. The number of carbonyl (C=O) groups is 1. The van der Waals surface area contributed by atoms with E-state index in [4.69, 9.17) is 4.74 Å². The fraction of sp³-hybridized carbons (Fsp3) is 0.533. The number of esters is 1. The monoisotopic (exact) mass is 250 g/mol. The van der Waals surface area contributed by atoms with E-state index in [-0.39, 0.29) is 11.7 Å². The minimum absolute atomic E-state index is 0.175. The highest BCUT2D eigenvalue weighted by molar-refractivity contribution is 5.78. The molecule has 0 heterocycles. The summed E-state index contributed by atoms with van der Waals surface area (Å²) < 4.78 is 4.96. The molecule has 0 aliphatic rings. The zero-order chi connectivity index (χ0) is 13.7. The number of phenols is 1. The molecule has 1 rings (SSSR count). The van der Waals surface area contributed by atoms with Crippen molar-refractivity contribution in [3.8, 4) is 5.75 Å². The van der Waals surface area contributed by atoms with Gasteiger partial charge in [-0.1, -0.05) is 26.0 Å². The van der Waals surface area contributed by atoms with Crippen LogP contribution in [-0.4, -0.2) is 17.7 Å². The Morgan fingerprint density at radius 1 is 1.33 bits per heavy atom. The molecular weight excluding hydrogens is 228 g/mol. The molecule has 0 aliphatic heterocycles. The zero-order valence-corrected chi connectivity index (χ0v) is 11.6. The van der Waals surface area contributed by atoms with Gasteiger partial charge in [-0.25, -0.2) is 0 Å². The lowest BCUT2D eigenvalue weighted by Gasteiger charge is -2.14. The summed E-state index contributed by atoms with van der Waals surface area (Å²) in [5, 5.41) is 9.98. The molecule has 0 fully saturated rings. The predicted molar refractivity (Wildman–Crippen MR) is 71.7 cm³/mol. The molecule has 1 aromatic carbocycles. The molecule has 3 heteroatoms. The van der Waals surface area contributed by atoms with Crippen LogP contribution in [0.1, 0.15) is 44.7 Å². The fourth-order valence-corrected chi connectivity index (χ4v) is 1.95. The molecule has 0 saturated carbocycles. The van der Waals surface area contributed by atoms with Crippen LogP contribution in [0.2, 0.25) is 0 Å². The Balaban J connectivity index is 2.88. The van der Waals surface area contributed by atoms with Crippen LogP contribution in [0.4, 0.5) is 0 Å². The molecule has 0 aliphatic carbocycles. The van der Waals surface area contributed by atoms with Crippen molar-refractivity contribution in [2.45, 2.75) is 40.0 Å². The summed E-state index contributed by atoms with van der Waals surface area (Å²) in [7, 11) is 0. The largest absolute Gasteiger partial charge is 0.508 e. The molecule has 0 amide bonds. The van der Waals surface area contributed by atoms with Gasteiger partial charge in [-0.2, -0.15) is 0 Å². The van der Waals surface area contributed by atoms with Crippen LogP contribution < -0.4 is 0 Å². The van der Waals surface area contributed by atoms with Crippen molar-refractivity contribution >= 4 is 5.97 Å². The predicted octanol–water partition coefficient (Wildman–Crippen LogP) is 3.26. The molecule has 1 atom stereocenters. The first-order valence-electron chi connectivity index (χ1n) is 6.44. The second kappa shape index (κ2) is 6.43. The summed E-state index contributed by atoms with van der Waals surface area (Å²) in [5.74, 6) is -0.0195. The van der Waals surface area contributed by atoms with Gasteiger partial charge in [0.15, 0.2) is 0 Å². The highest BCUT2D eigenvalue weighted by atomic mass is 16.5. The van der Waals surface area contributed by atoms with Crippen molar-refractivity contribution in [3.63, 3.8) is 0 Å². The van der Waals surface area contributed by atoms with Gasteiger partial charge in [0, 0.05) is 5.56 Å². The van der Waals surface area contributed by atoms with Gasteiger partial charge in [-0.15, -0.1) is 0 Å². The van der Waals surface area contributed by atoms with Crippen LogP contribution in [0.25, 0.3) is 0 Å². The second-order valence-electron chi connectivity index (χ2n) is 4.96. The molecule has 0 spiro atoms. The molecule has 18 heavy (non-hydrogen) atoms. The second-order valence-corrected chi connectivity index (χ2v) is 4.96. The van der Waals surface area contributed by atoms with Gasteiger partial charge in [0.1, 0.15) is 5.75 Å². The Morgan fingerprint density at radius 3 is 2.50 bits per heavy atom. The van der Waals surface area contributed by atoms with E-state index in [1.54, 1.807) is 19.9 Å². The van der Waals surface area contributed by atoms with Crippen molar-refractivity contribution in [2.75, 3.05) is 6.61 Å². The van der Waals surface area contributed by atoms with Crippen LogP contribution in [0, 0.1) is 5.92 Å². The third kappa shape index (κ3) is 3.76. The summed E-state index contributed by atoms with van der Waals surface area (Å²) >= 11 is 0. The molecule has 1 N–H and O–H groups in total. The lowest BCUT2D eigenvalue weighted by molar-refractivity contribution is -0.144. The molecular formula is C15H22O3. The van der Waals surface area contributed by atoms with E-state index in [2.05, 4.69) is 13.8 Å². The number of benzene rings is 1. The summed E-state index contributed by atoms with van der Waals surface area (Å²) in [6.45, 7) is 8.14. The van der Waals surface area contributed by atoms with Crippen LogP contribution in [0.5, 0.6) is 5.75 Å². The maximum absolute atomic E-state index is 11.6. The molecule has 1 unspecified atom stereocenters. The highest BCUT2D eigenvalue weighted by Gasteiger charge is 2.19. The topological polar surface area (TPSA) is 46.5 Å². The zero-order valence-electron chi connectivity index (χ0n) is 11.6. The van der Waals surface area contributed by atoms with Crippen molar-refractivity contribution < 1.29 is 14.6 Å². The molecule has 0 aromatic heterocycles. The number of hydrogen-bond donors (Lipinski definition) is 1. The summed E-state index contributed by atoms with van der Waals surface area (Å²) in [6.07, 6.45) is 0.918. The van der Waals surface area contributed by atoms with E-state index >= 15 is 0 Å². The quantitative estimate of drug-likeness (QED) is 0.816. The van der Waals surface area contributed by atoms with Gasteiger partial charge in [0.25, 0.3) is 0 Å². The molecule has 0 radical (unpaired) electrons. The van der Waals surface area contributed by atoms with Crippen LogP contribution in [0.3, 0.4) is 0 Å². The Bertz CT molecular complexity index is 410. The Hall–Kier alpha value is -1.51. The smallest absolute Gasteiger partial charge is 0.313 e. The molecule has 0 bridgehead atoms. The van der Waals surface area contributed by atoms with Crippen LogP contribution in [-0.2, 0) is 16.0 Å². The van der Waals surface area contributed by atoms with Gasteiger partial charge in [0.05, 0.1) is 12.5 Å². The maximum atomic E-state index is 11.6. The normalized spacial score (nSPS) is 12.5. The average Bonchev–Trinajstić information content (AvgIpc) is 2.28. The number of phenolic OH excluding ortho intramolecular Hbond substituents is 1. The summed E-state index contributed by atoms with van der Waals surface area (Å²) in [6, 6.07) is 5.52. The van der Waals surface area contributed by atoms with E-state index < -0.39 is 5.92 Å². The van der Waals surface area contributed by atoms with Crippen molar-refractivity contribution in [1.82, 2.24) is 0 Å². The lowest BCUT2D eigenvalue weighted by Crippen LogP contribution is -2.13. The molecule has 100 valence electrons. The first kappa shape index (κ1) is 14.6. The minimum atomic E-state index is -0.432. The van der Waals surface area contributed by atoms with Crippen LogP contribution in [0.15, 0.2) is 18.2 Å². The number of carbonyl (C=O) groups excluding carboxylic acids is 1. The van der Waals surface area contributed by atoms with Crippen molar-refractivity contribution in [1.29, 1.82) is 0 Å². The Morgan fingerprint density at radius 2 is 2.00 bits per heavy atom. The Kier molecular flexibility index (Phi) is 5.20. The van der Waals surface area contributed by atoms with E-state index in [9.17, 15) is 9.90 Å². The fourth-order valence-electron chi connectivity index (χ4n) is 1.95. The third-order valence-corrected chi connectivity index (χ3v) is 2.85. The van der Waals surface area contributed by atoms with E-state index in [1.165, 1.54) is 0 Å². The van der Waals surface area contributed by atoms with Gasteiger partial charge < -0.3 is 9.84 Å². The van der Waals surface area contributed by atoms with E-state index in [0.29, 0.717) is 18.1 Å².